The lowest BCUT2D eigenvalue weighted by Gasteiger charge is -2.34. The Morgan fingerprint density at radius 1 is 1.04 bits per heavy atom. The van der Waals surface area contributed by atoms with Crippen molar-refractivity contribution in [1.29, 1.82) is 0 Å². The molecule has 0 aromatic heterocycles. The number of carbonyl (C=O) groups excluding carboxylic acids is 3. The molecule has 0 unspecified atom stereocenters. The Balaban J connectivity index is 1.68. The van der Waals surface area contributed by atoms with Gasteiger partial charge < -0.3 is 25.6 Å². The molecule has 0 fully saturated rings. The summed E-state index contributed by atoms with van der Waals surface area (Å²) < 4.78 is 5.74. The molecule has 146 valence electrons. The highest BCUT2D eigenvalue weighted by molar-refractivity contribution is 5.95. The Morgan fingerprint density at radius 2 is 1.68 bits per heavy atom. The summed E-state index contributed by atoms with van der Waals surface area (Å²) in [5.41, 5.74) is 2.03. The van der Waals surface area contributed by atoms with E-state index in [0.29, 0.717) is 17.1 Å². The van der Waals surface area contributed by atoms with Gasteiger partial charge >= 0.3 is 0 Å². The monoisotopic (exact) mass is 382 g/mol. The van der Waals surface area contributed by atoms with E-state index in [2.05, 4.69) is 16.0 Å². The van der Waals surface area contributed by atoms with Crippen LogP contribution in [-0.4, -0.2) is 44.0 Å². The molecule has 2 aromatic rings. The number of amides is 3. The van der Waals surface area contributed by atoms with Gasteiger partial charge in [-0.25, -0.2) is 0 Å². The second-order valence-corrected chi connectivity index (χ2v) is 6.38. The molecule has 3 amide bonds. The van der Waals surface area contributed by atoms with E-state index in [0.717, 1.165) is 5.69 Å². The lowest BCUT2D eigenvalue weighted by Crippen LogP contribution is -2.50. The second-order valence-electron chi connectivity index (χ2n) is 6.38. The number of hydrogen-bond acceptors (Lipinski definition) is 5. The maximum atomic E-state index is 12.5. The van der Waals surface area contributed by atoms with Crippen LogP contribution in [0.1, 0.15) is 6.92 Å². The van der Waals surface area contributed by atoms with Crippen LogP contribution in [0.25, 0.3) is 0 Å². The van der Waals surface area contributed by atoms with Crippen LogP contribution in [0.3, 0.4) is 0 Å². The number of likely N-dealkylation sites (N-methyl/N-ethyl adjacent to an activating group) is 1. The van der Waals surface area contributed by atoms with E-state index in [1.54, 1.807) is 37.4 Å². The zero-order chi connectivity index (χ0) is 20.1. The molecule has 0 bridgehead atoms. The van der Waals surface area contributed by atoms with Crippen LogP contribution in [0, 0.1) is 0 Å². The Morgan fingerprint density at radius 3 is 2.32 bits per heavy atom. The summed E-state index contributed by atoms with van der Waals surface area (Å²) in [6, 6.07) is 14.1. The third-order valence-electron chi connectivity index (χ3n) is 4.22. The number of nitrogens with one attached hydrogen (secondary N) is 3. The molecule has 28 heavy (non-hydrogen) atoms. The molecule has 0 saturated heterocycles. The molecule has 3 rings (SSSR count). The van der Waals surface area contributed by atoms with Crippen LogP contribution in [-0.2, 0) is 14.4 Å². The highest BCUT2D eigenvalue weighted by Crippen LogP contribution is 2.33. The van der Waals surface area contributed by atoms with E-state index >= 15 is 0 Å². The van der Waals surface area contributed by atoms with Gasteiger partial charge in [-0.2, -0.15) is 0 Å². The maximum Gasteiger partial charge on any atom is 0.262 e. The maximum absolute atomic E-state index is 12.5. The predicted octanol–water partition coefficient (Wildman–Crippen LogP) is 1.60. The fourth-order valence-electron chi connectivity index (χ4n) is 2.97. The normalized spacial score (nSPS) is 15.1. The highest BCUT2D eigenvalue weighted by atomic mass is 16.5. The minimum absolute atomic E-state index is 0.0707. The highest BCUT2D eigenvalue weighted by Gasteiger charge is 2.30. The van der Waals surface area contributed by atoms with Crippen molar-refractivity contribution in [2.75, 3.05) is 35.7 Å². The number of ether oxygens (including phenoxy) is 1. The lowest BCUT2D eigenvalue weighted by atomic mass is 10.1. The first-order valence-electron chi connectivity index (χ1n) is 8.86. The Hall–Kier alpha value is -3.55. The summed E-state index contributed by atoms with van der Waals surface area (Å²) >= 11 is 0. The second kappa shape index (κ2) is 8.43. The molecule has 1 heterocycles. The minimum atomic E-state index is -0.690. The Bertz CT molecular complexity index is 882. The van der Waals surface area contributed by atoms with Crippen molar-refractivity contribution in [2.24, 2.45) is 0 Å². The molecule has 8 nitrogen and oxygen atoms in total. The molecular formula is C20H22N4O4. The number of fused-ring (bicyclic) bond motifs is 1. The van der Waals surface area contributed by atoms with Gasteiger partial charge in [-0.05, 0) is 36.4 Å². The zero-order valence-corrected chi connectivity index (χ0v) is 15.7. The molecule has 1 atom stereocenters. The van der Waals surface area contributed by atoms with Crippen molar-refractivity contribution >= 4 is 34.8 Å². The molecule has 1 aliphatic heterocycles. The van der Waals surface area contributed by atoms with E-state index in [1.807, 2.05) is 23.1 Å². The average molecular weight is 382 g/mol. The first-order chi connectivity index (χ1) is 13.5. The van der Waals surface area contributed by atoms with Crippen LogP contribution < -0.4 is 25.6 Å². The van der Waals surface area contributed by atoms with E-state index in [9.17, 15) is 14.4 Å². The van der Waals surface area contributed by atoms with Gasteiger partial charge in [0.1, 0.15) is 5.75 Å². The number of para-hydroxylation sites is 2. The number of hydrogen-bond donors (Lipinski definition) is 3. The molecule has 0 radical (unpaired) electrons. The van der Waals surface area contributed by atoms with Gasteiger partial charge in [0.05, 0.1) is 18.8 Å². The largest absolute Gasteiger partial charge is 0.477 e. The van der Waals surface area contributed by atoms with Gasteiger partial charge in [0.2, 0.25) is 11.8 Å². The van der Waals surface area contributed by atoms with Gasteiger partial charge in [0, 0.05) is 25.3 Å². The van der Waals surface area contributed by atoms with Gasteiger partial charge in [-0.1, -0.05) is 12.1 Å². The number of anilines is 3. The summed E-state index contributed by atoms with van der Waals surface area (Å²) in [5.74, 6) is -0.0589. The summed E-state index contributed by atoms with van der Waals surface area (Å²) in [5, 5.41) is 8.07. The van der Waals surface area contributed by atoms with Crippen molar-refractivity contribution in [3.05, 3.63) is 48.5 Å². The molecule has 8 heteroatoms. The van der Waals surface area contributed by atoms with Crippen molar-refractivity contribution in [3.8, 4) is 5.75 Å². The minimum Gasteiger partial charge on any atom is -0.477 e. The van der Waals surface area contributed by atoms with E-state index < -0.39 is 6.10 Å². The van der Waals surface area contributed by atoms with Crippen LogP contribution >= 0.6 is 0 Å². The van der Waals surface area contributed by atoms with Crippen LogP contribution in [0.4, 0.5) is 17.1 Å². The van der Waals surface area contributed by atoms with Crippen LogP contribution in [0.15, 0.2) is 48.5 Å². The lowest BCUT2D eigenvalue weighted by molar-refractivity contribution is -0.127. The number of benzene rings is 2. The molecule has 0 saturated carbocycles. The van der Waals surface area contributed by atoms with E-state index in [-0.39, 0.29) is 30.8 Å². The van der Waals surface area contributed by atoms with E-state index in [1.165, 1.54) is 6.92 Å². The van der Waals surface area contributed by atoms with Crippen molar-refractivity contribution in [2.45, 2.75) is 13.0 Å². The zero-order valence-electron chi connectivity index (χ0n) is 15.7. The van der Waals surface area contributed by atoms with Crippen molar-refractivity contribution in [1.82, 2.24) is 5.32 Å². The van der Waals surface area contributed by atoms with Gasteiger partial charge in [0.25, 0.3) is 5.91 Å². The van der Waals surface area contributed by atoms with E-state index in [4.69, 9.17) is 4.74 Å². The standard InChI is InChI=1S/C20H22N4O4/c1-13(25)22-14-7-9-15(10-8-14)23-19(26)12-24-11-18(20(27)21-2)28-17-6-4-3-5-16(17)24/h3-10,18H,11-12H2,1-2H3,(H,21,27)(H,22,25)(H,23,26)/t18-/m1/s1. The molecule has 0 aliphatic carbocycles. The summed E-state index contributed by atoms with van der Waals surface area (Å²) in [6.45, 7) is 1.77. The number of nitrogens with zero attached hydrogens (tertiary/aromatic N) is 1. The average Bonchev–Trinajstić information content (AvgIpc) is 2.68. The SMILES string of the molecule is CNC(=O)[C@H]1CN(CC(=O)Nc2ccc(NC(C)=O)cc2)c2ccccc2O1. The van der Waals surface area contributed by atoms with Crippen molar-refractivity contribution < 1.29 is 19.1 Å². The Labute approximate surface area is 162 Å². The smallest absolute Gasteiger partial charge is 0.262 e. The number of rotatable bonds is 5. The number of carbonyl (C=O) groups is 3. The summed E-state index contributed by atoms with van der Waals surface area (Å²) in [7, 11) is 1.55. The molecular weight excluding hydrogens is 360 g/mol. The molecule has 2 aromatic carbocycles. The predicted molar refractivity (Wildman–Crippen MR) is 107 cm³/mol. The first kappa shape index (κ1) is 19.2. The third-order valence-corrected chi connectivity index (χ3v) is 4.22. The molecule has 1 aliphatic rings. The van der Waals surface area contributed by atoms with Crippen LogP contribution in [0.2, 0.25) is 0 Å². The summed E-state index contributed by atoms with van der Waals surface area (Å²) in [4.78, 5) is 37.4. The Kier molecular flexibility index (Phi) is 5.78. The fourth-order valence-corrected chi connectivity index (χ4v) is 2.97. The molecule has 0 spiro atoms. The van der Waals surface area contributed by atoms with Gasteiger partial charge in [-0.15, -0.1) is 0 Å². The topological polar surface area (TPSA) is 99.8 Å². The van der Waals surface area contributed by atoms with Gasteiger partial charge in [0.15, 0.2) is 6.10 Å². The third kappa shape index (κ3) is 4.59. The van der Waals surface area contributed by atoms with Crippen molar-refractivity contribution in [3.63, 3.8) is 0 Å². The summed E-state index contributed by atoms with van der Waals surface area (Å²) in [6.07, 6.45) is -0.690. The fraction of sp³-hybridized carbons (Fsp3) is 0.250. The quantitative estimate of drug-likeness (QED) is 0.729. The first-order valence-corrected chi connectivity index (χ1v) is 8.86. The molecule has 3 N–H and O–H groups in total. The van der Waals surface area contributed by atoms with Gasteiger partial charge in [-0.3, -0.25) is 14.4 Å². The van der Waals surface area contributed by atoms with Crippen LogP contribution in [0.5, 0.6) is 5.75 Å².